The van der Waals surface area contributed by atoms with Gasteiger partial charge in [0.25, 0.3) is 0 Å². The standard InChI is InChI=1S/C17H18N4OS/c1-13-10-16(15-2-5-18-6-3-15)20-21(13)8-7-19-17(22)11-14-4-9-23-12-14/h2-6,9-10,12H,7-8,11H2,1H3,(H,19,22). The van der Waals surface area contributed by atoms with Crippen molar-refractivity contribution in [2.45, 2.75) is 19.9 Å². The second-order valence-electron chi connectivity index (χ2n) is 5.29. The van der Waals surface area contributed by atoms with E-state index in [1.807, 2.05) is 46.6 Å². The molecule has 0 fully saturated rings. The molecule has 0 saturated heterocycles. The van der Waals surface area contributed by atoms with Gasteiger partial charge in [0.1, 0.15) is 0 Å². The highest BCUT2D eigenvalue weighted by molar-refractivity contribution is 7.07. The quantitative estimate of drug-likeness (QED) is 0.757. The van der Waals surface area contributed by atoms with Crippen LogP contribution < -0.4 is 5.32 Å². The van der Waals surface area contributed by atoms with Crippen molar-refractivity contribution in [2.75, 3.05) is 6.54 Å². The van der Waals surface area contributed by atoms with E-state index in [-0.39, 0.29) is 5.91 Å². The Hall–Kier alpha value is -2.47. The van der Waals surface area contributed by atoms with E-state index in [1.165, 1.54) is 0 Å². The molecule has 3 rings (SSSR count). The van der Waals surface area contributed by atoms with Crippen LogP contribution in [0.3, 0.4) is 0 Å². The number of pyridine rings is 1. The molecule has 0 aliphatic rings. The minimum Gasteiger partial charge on any atom is -0.354 e. The fraction of sp³-hybridized carbons (Fsp3) is 0.235. The van der Waals surface area contributed by atoms with E-state index in [4.69, 9.17) is 0 Å². The van der Waals surface area contributed by atoms with Gasteiger partial charge in [-0.2, -0.15) is 16.4 Å². The molecule has 5 nitrogen and oxygen atoms in total. The van der Waals surface area contributed by atoms with Crippen LogP contribution in [-0.4, -0.2) is 27.2 Å². The molecule has 0 bridgehead atoms. The first-order chi connectivity index (χ1) is 11.2. The molecule has 0 saturated carbocycles. The van der Waals surface area contributed by atoms with Crippen molar-refractivity contribution in [2.24, 2.45) is 0 Å². The van der Waals surface area contributed by atoms with Crippen molar-refractivity contribution in [1.82, 2.24) is 20.1 Å². The molecule has 0 unspecified atom stereocenters. The van der Waals surface area contributed by atoms with Crippen LogP contribution in [-0.2, 0) is 17.8 Å². The monoisotopic (exact) mass is 326 g/mol. The fourth-order valence-corrected chi connectivity index (χ4v) is 3.01. The molecule has 6 heteroatoms. The summed E-state index contributed by atoms with van der Waals surface area (Å²) in [7, 11) is 0. The normalized spacial score (nSPS) is 10.7. The van der Waals surface area contributed by atoms with Crippen LogP contribution in [0.2, 0.25) is 0 Å². The molecule has 3 aromatic heterocycles. The van der Waals surface area contributed by atoms with Gasteiger partial charge in [0.15, 0.2) is 0 Å². The number of hydrogen-bond acceptors (Lipinski definition) is 4. The number of aromatic nitrogens is 3. The SMILES string of the molecule is Cc1cc(-c2ccncc2)nn1CCNC(=O)Cc1ccsc1. The molecule has 0 aromatic carbocycles. The van der Waals surface area contributed by atoms with Crippen molar-refractivity contribution in [3.05, 3.63) is 58.7 Å². The van der Waals surface area contributed by atoms with E-state index >= 15 is 0 Å². The van der Waals surface area contributed by atoms with E-state index in [0.717, 1.165) is 22.5 Å². The molecule has 0 radical (unpaired) electrons. The van der Waals surface area contributed by atoms with Crippen LogP contribution in [0.5, 0.6) is 0 Å². The van der Waals surface area contributed by atoms with Gasteiger partial charge in [-0.1, -0.05) is 0 Å². The molecular formula is C17H18N4OS. The minimum absolute atomic E-state index is 0.0440. The number of nitrogens with zero attached hydrogens (tertiary/aromatic N) is 3. The van der Waals surface area contributed by atoms with Crippen LogP contribution in [0.4, 0.5) is 0 Å². The van der Waals surface area contributed by atoms with Crippen LogP contribution in [0, 0.1) is 6.92 Å². The van der Waals surface area contributed by atoms with Crippen molar-refractivity contribution >= 4 is 17.2 Å². The molecule has 3 heterocycles. The number of hydrogen-bond donors (Lipinski definition) is 1. The lowest BCUT2D eigenvalue weighted by Gasteiger charge is -2.06. The first-order valence-electron chi connectivity index (χ1n) is 7.45. The van der Waals surface area contributed by atoms with Crippen molar-refractivity contribution in [1.29, 1.82) is 0 Å². The largest absolute Gasteiger partial charge is 0.354 e. The fourth-order valence-electron chi connectivity index (χ4n) is 2.34. The summed E-state index contributed by atoms with van der Waals surface area (Å²) in [5.41, 5.74) is 4.10. The van der Waals surface area contributed by atoms with E-state index < -0.39 is 0 Å². The first kappa shape index (κ1) is 15.4. The number of aryl methyl sites for hydroxylation is 1. The summed E-state index contributed by atoms with van der Waals surface area (Å²) >= 11 is 1.61. The smallest absolute Gasteiger partial charge is 0.224 e. The summed E-state index contributed by atoms with van der Waals surface area (Å²) in [6.45, 7) is 3.25. The number of amides is 1. The topological polar surface area (TPSA) is 59.8 Å². The van der Waals surface area contributed by atoms with Gasteiger partial charge < -0.3 is 5.32 Å². The Morgan fingerprint density at radius 3 is 2.87 bits per heavy atom. The van der Waals surface area contributed by atoms with Gasteiger partial charge in [0.2, 0.25) is 5.91 Å². The van der Waals surface area contributed by atoms with Crippen molar-refractivity contribution in [3.8, 4) is 11.3 Å². The highest BCUT2D eigenvalue weighted by atomic mass is 32.1. The number of rotatable bonds is 6. The van der Waals surface area contributed by atoms with Gasteiger partial charge in [-0.05, 0) is 47.5 Å². The molecule has 0 atom stereocenters. The zero-order valence-electron chi connectivity index (χ0n) is 12.9. The second kappa shape index (κ2) is 7.19. The Labute approximate surface area is 139 Å². The molecule has 118 valence electrons. The van der Waals surface area contributed by atoms with Gasteiger partial charge in [-0.15, -0.1) is 0 Å². The molecule has 0 spiro atoms. The van der Waals surface area contributed by atoms with Crippen LogP contribution >= 0.6 is 11.3 Å². The van der Waals surface area contributed by atoms with E-state index in [0.29, 0.717) is 19.5 Å². The lowest BCUT2D eigenvalue weighted by atomic mass is 10.2. The Kier molecular flexibility index (Phi) is 4.83. The lowest BCUT2D eigenvalue weighted by molar-refractivity contribution is -0.120. The summed E-state index contributed by atoms with van der Waals surface area (Å²) in [4.78, 5) is 15.9. The predicted octanol–water partition coefficient (Wildman–Crippen LogP) is 2.67. The maximum Gasteiger partial charge on any atom is 0.224 e. The third-order valence-corrected chi connectivity index (χ3v) is 4.28. The molecule has 3 aromatic rings. The molecule has 0 aliphatic carbocycles. The van der Waals surface area contributed by atoms with E-state index in [9.17, 15) is 4.79 Å². The molecular weight excluding hydrogens is 308 g/mol. The molecule has 1 N–H and O–H groups in total. The predicted molar refractivity (Wildman–Crippen MR) is 91.2 cm³/mol. The molecule has 1 amide bonds. The number of thiophene rings is 1. The van der Waals surface area contributed by atoms with E-state index in [1.54, 1.807) is 23.7 Å². The van der Waals surface area contributed by atoms with Gasteiger partial charge in [0, 0.05) is 30.2 Å². The number of nitrogens with one attached hydrogen (secondary N) is 1. The van der Waals surface area contributed by atoms with Gasteiger partial charge in [-0.25, -0.2) is 0 Å². The Balaban J connectivity index is 1.54. The first-order valence-corrected chi connectivity index (χ1v) is 8.39. The summed E-state index contributed by atoms with van der Waals surface area (Å²) in [5.74, 6) is 0.0440. The summed E-state index contributed by atoms with van der Waals surface area (Å²) in [6.07, 6.45) is 3.95. The Morgan fingerprint density at radius 1 is 1.30 bits per heavy atom. The summed E-state index contributed by atoms with van der Waals surface area (Å²) in [6, 6.07) is 7.90. The van der Waals surface area contributed by atoms with Gasteiger partial charge in [0.05, 0.1) is 18.7 Å². The van der Waals surface area contributed by atoms with Crippen LogP contribution in [0.1, 0.15) is 11.3 Å². The van der Waals surface area contributed by atoms with E-state index in [2.05, 4.69) is 15.4 Å². The van der Waals surface area contributed by atoms with Crippen LogP contribution in [0.25, 0.3) is 11.3 Å². The molecule has 23 heavy (non-hydrogen) atoms. The average molecular weight is 326 g/mol. The average Bonchev–Trinajstić information content (AvgIpc) is 3.18. The number of carbonyl (C=O) groups is 1. The highest BCUT2D eigenvalue weighted by Crippen LogP contribution is 2.17. The summed E-state index contributed by atoms with van der Waals surface area (Å²) in [5, 5.41) is 11.5. The summed E-state index contributed by atoms with van der Waals surface area (Å²) < 4.78 is 1.92. The third kappa shape index (κ3) is 4.04. The lowest BCUT2D eigenvalue weighted by Crippen LogP contribution is -2.29. The Bertz CT molecular complexity index is 765. The van der Waals surface area contributed by atoms with Crippen LogP contribution in [0.15, 0.2) is 47.4 Å². The van der Waals surface area contributed by atoms with Gasteiger partial charge >= 0.3 is 0 Å². The van der Waals surface area contributed by atoms with Crippen molar-refractivity contribution in [3.63, 3.8) is 0 Å². The minimum atomic E-state index is 0.0440. The highest BCUT2D eigenvalue weighted by Gasteiger charge is 2.07. The third-order valence-electron chi connectivity index (χ3n) is 3.55. The molecule has 0 aliphatic heterocycles. The Morgan fingerprint density at radius 2 is 2.13 bits per heavy atom. The zero-order chi connectivity index (χ0) is 16.1. The number of carbonyl (C=O) groups excluding carboxylic acids is 1. The second-order valence-corrected chi connectivity index (χ2v) is 6.07. The maximum atomic E-state index is 11.9. The van der Waals surface area contributed by atoms with Crippen molar-refractivity contribution < 1.29 is 4.79 Å². The van der Waals surface area contributed by atoms with Gasteiger partial charge in [-0.3, -0.25) is 14.5 Å². The zero-order valence-corrected chi connectivity index (χ0v) is 13.7. The maximum absolute atomic E-state index is 11.9.